The molecule has 2 N–H and O–H groups in total. The first-order valence-electron chi connectivity index (χ1n) is 6.87. The molecule has 9 heteroatoms. The number of Topliss-reactive ketones (excluding diaryl/α,β-unsaturated/α-hetero) is 1. The predicted octanol–water partition coefficient (Wildman–Crippen LogP) is 3.36. The van der Waals surface area contributed by atoms with Crippen molar-refractivity contribution >= 4 is 58.5 Å². The fraction of sp³-hybridized carbons (Fsp3) is 0.333. The van der Waals surface area contributed by atoms with E-state index < -0.39 is 12.6 Å². The van der Waals surface area contributed by atoms with Crippen molar-refractivity contribution in [3.05, 3.63) is 38.7 Å². The van der Waals surface area contributed by atoms with Gasteiger partial charge in [0.25, 0.3) is 0 Å². The largest absolute Gasteiger partial charge is 0.480 e. The summed E-state index contributed by atoms with van der Waals surface area (Å²) in [5.41, 5.74) is 0.864. The Bertz CT molecular complexity index is 678. The van der Waals surface area contributed by atoms with E-state index >= 15 is 0 Å². The van der Waals surface area contributed by atoms with Gasteiger partial charge in [0.05, 0.1) is 11.6 Å². The van der Waals surface area contributed by atoms with Gasteiger partial charge in [0.2, 0.25) is 0 Å². The molecule has 1 aliphatic heterocycles. The molecule has 0 aromatic heterocycles. The number of hydrogen-bond acceptors (Lipinski definition) is 6. The van der Waals surface area contributed by atoms with Crippen LogP contribution in [0.15, 0.2) is 23.1 Å². The second kappa shape index (κ2) is 9.01. The molecule has 0 aliphatic carbocycles. The zero-order valence-corrected chi connectivity index (χ0v) is 15.5. The number of hydrogen-bond donors (Lipinski definition) is 2. The highest BCUT2D eigenvalue weighted by Crippen LogP contribution is 2.39. The van der Waals surface area contributed by atoms with Crippen molar-refractivity contribution < 1.29 is 24.5 Å². The second-order valence-corrected chi connectivity index (χ2v) is 7.71. The summed E-state index contributed by atoms with van der Waals surface area (Å²) in [7, 11) is 0. The molecular formula is C15H14Cl2O5S2. The molecule has 1 aliphatic rings. The Labute approximate surface area is 157 Å². The Kier molecular flexibility index (Phi) is 7.31. The molecule has 1 aromatic rings. The highest BCUT2D eigenvalue weighted by molar-refractivity contribution is 8.05. The number of thioether (sulfide) groups is 2. The van der Waals surface area contributed by atoms with Crippen LogP contribution in [0.2, 0.25) is 10.0 Å². The zero-order valence-electron chi connectivity index (χ0n) is 12.3. The summed E-state index contributed by atoms with van der Waals surface area (Å²) in [6.45, 7) is -0.499. The van der Waals surface area contributed by atoms with Crippen molar-refractivity contribution in [2.45, 2.75) is 5.25 Å². The van der Waals surface area contributed by atoms with Crippen LogP contribution in [-0.2, 0) is 4.79 Å². The maximum atomic E-state index is 12.7. The Morgan fingerprint density at radius 1 is 1.33 bits per heavy atom. The fourth-order valence-corrected chi connectivity index (χ4v) is 4.85. The number of carboxylic acid groups (broad SMARTS) is 1. The summed E-state index contributed by atoms with van der Waals surface area (Å²) in [4.78, 5) is 23.3. The van der Waals surface area contributed by atoms with Crippen LogP contribution < -0.4 is 4.74 Å². The minimum absolute atomic E-state index is 0.00701. The van der Waals surface area contributed by atoms with Gasteiger partial charge in [-0.15, -0.1) is 11.8 Å². The number of carbonyl (C=O) groups excluding carboxylic acids is 1. The number of aliphatic carboxylic acids is 1. The van der Waals surface area contributed by atoms with Gasteiger partial charge in [0.15, 0.2) is 12.4 Å². The summed E-state index contributed by atoms with van der Waals surface area (Å²) in [6, 6.07) is 2.91. The van der Waals surface area contributed by atoms with Crippen LogP contribution in [0.1, 0.15) is 10.4 Å². The van der Waals surface area contributed by atoms with Crippen molar-refractivity contribution in [1.82, 2.24) is 0 Å². The molecule has 1 heterocycles. The van der Waals surface area contributed by atoms with Gasteiger partial charge in [0.1, 0.15) is 10.8 Å². The Hall–Kier alpha value is -0.860. The van der Waals surface area contributed by atoms with E-state index in [0.717, 1.165) is 5.75 Å². The Morgan fingerprint density at radius 2 is 2.08 bits per heavy atom. The molecule has 5 nitrogen and oxygen atoms in total. The molecule has 1 unspecified atom stereocenters. The van der Waals surface area contributed by atoms with E-state index in [1.54, 1.807) is 5.41 Å². The molecule has 24 heavy (non-hydrogen) atoms. The van der Waals surface area contributed by atoms with Crippen LogP contribution in [0.4, 0.5) is 0 Å². The van der Waals surface area contributed by atoms with E-state index in [-0.39, 0.29) is 39.0 Å². The van der Waals surface area contributed by atoms with Gasteiger partial charge in [0, 0.05) is 27.9 Å². The zero-order chi connectivity index (χ0) is 17.7. The lowest BCUT2D eigenvalue weighted by Gasteiger charge is -2.14. The molecule has 0 spiro atoms. The third-order valence-electron chi connectivity index (χ3n) is 3.12. The Balaban J connectivity index is 2.21. The lowest BCUT2D eigenvalue weighted by molar-refractivity contribution is -0.139. The van der Waals surface area contributed by atoms with E-state index in [0.29, 0.717) is 11.3 Å². The van der Waals surface area contributed by atoms with E-state index in [4.69, 9.17) is 38.2 Å². The molecular weight excluding hydrogens is 395 g/mol. The minimum Gasteiger partial charge on any atom is -0.480 e. The first kappa shape index (κ1) is 19.5. The highest BCUT2D eigenvalue weighted by atomic mass is 35.5. The quantitative estimate of drug-likeness (QED) is 0.637. The summed E-state index contributed by atoms with van der Waals surface area (Å²) < 4.78 is 5.04. The lowest BCUT2D eigenvalue weighted by atomic mass is 10.0. The molecule has 130 valence electrons. The number of halogens is 2. The fourth-order valence-electron chi connectivity index (χ4n) is 2.04. The van der Waals surface area contributed by atoms with Crippen molar-refractivity contribution in [3.63, 3.8) is 0 Å². The third-order valence-corrected chi connectivity index (χ3v) is 6.38. The average molecular weight is 409 g/mol. The number of ether oxygens (including phenoxy) is 1. The molecule has 0 fully saturated rings. The lowest BCUT2D eigenvalue weighted by Crippen LogP contribution is -2.16. The summed E-state index contributed by atoms with van der Waals surface area (Å²) in [5.74, 6) is 0.0522. The molecule has 0 saturated heterocycles. The predicted molar refractivity (Wildman–Crippen MR) is 97.8 cm³/mol. The first-order valence-corrected chi connectivity index (χ1v) is 9.72. The van der Waals surface area contributed by atoms with Gasteiger partial charge in [-0.2, -0.15) is 11.8 Å². The maximum Gasteiger partial charge on any atom is 0.341 e. The standard InChI is InChI=1S/C15H14Cl2O5S2/c16-13-8(1-2-10(14(13)17)22-5-12(19)20)15(21)9-6-23-7-11(9)24-4-3-18/h1-2,6,11,18H,3-5,7H2,(H,19,20). The number of aliphatic hydroxyl groups excluding tert-OH is 1. The molecule has 0 amide bonds. The number of aliphatic hydroxyl groups is 1. The molecule has 1 aromatic carbocycles. The smallest absolute Gasteiger partial charge is 0.341 e. The topological polar surface area (TPSA) is 83.8 Å². The van der Waals surface area contributed by atoms with Crippen LogP contribution in [0.5, 0.6) is 5.75 Å². The van der Waals surface area contributed by atoms with Gasteiger partial charge >= 0.3 is 5.97 Å². The van der Waals surface area contributed by atoms with E-state index in [9.17, 15) is 9.59 Å². The molecule has 2 rings (SSSR count). The summed E-state index contributed by atoms with van der Waals surface area (Å²) in [5, 5.41) is 19.4. The third kappa shape index (κ3) is 4.61. The number of carboxylic acids is 1. The van der Waals surface area contributed by atoms with Gasteiger partial charge in [-0.3, -0.25) is 4.79 Å². The van der Waals surface area contributed by atoms with E-state index in [1.165, 1.54) is 35.7 Å². The monoisotopic (exact) mass is 408 g/mol. The van der Waals surface area contributed by atoms with Gasteiger partial charge in [-0.1, -0.05) is 23.2 Å². The SMILES string of the molecule is O=C(O)COc1ccc(C(=O)C2=CSCC2SCCO)c(Cl)c1Cl. The number of benzene rings is 1. The maximum absolute atomic E-state index is 12.7. The van der Waals surface area contributed by atoms with Gasteiger partial charge in [-0.05, 0) is 17.5 Å². The number of ketones is 1. The first-order chi connectivity index (χ1) is 11.5. The molecule has 0 saturated carbocycles. The van der Waals surface area contributed by atoms with E-state index in [1.807, 2.05) is 0 Å². The average Bonchev–Trinajstić information content (AvgIpc) is 3.02. The Morgan fingerprint density at radius 3 is 2.75 bits per heavy atom. The number of rotatable bonds is 8. The molecule has 0 bridgehead atoms. The van der Waals surface area contributed by atoms with Crippen LogP contribution >= 0.6 is 46.7 Å². The van der Waals surface area contributed by atoms with E-state index in [2.05, 4.69) is 0 Å². The molecule has 1 atom stereocenters. The normalized spacial score (nSPS) is 16.8. The number of carbonyl (C=O) groups is 2. The van der Waals surface area contributed by atoms with Crippen LogP contribution in [-0.4, -0.2) is 51.9 Å². The second-order valence-electron chi connectivity index (χ2n) is 4.74. The van der Waals surface area contributed by atoms with Crippen molar-refractivity contribution in [2.75, 3.05) is 24.7 Å². The van der Waals surface area contributed by atoms with Gasteiger partial charge < -0.3 is 14.9 Å². The summed E-state index contributed by atoms with van der Waals surface area (Å²) in [6.07, 6.45) is 0. The minimum atomic E-state index is -1.14. The van der Waals surface area contributed by atoms with Crippen LogP contribution in [0.25, 0.3) is 0 Å². The van der Waals surface area contributed by atoms with Crippen molar-refractivity contribution in [1.29, 1.82) is 0 Å². The van der Waals surface area contributed by atoms with Crippen molar-refractivity contribution in [3.8, 4) is 5.75 Å². The van der Waals surface area contributed by atoms with Crippen LogP contribution in [0.3, 0.4) is 0 Å². The summed E-state index contributed by atoms with van der Waals surface area (Å²) >= 11 is 15.3. The molecule has 0 radical (unpaired) electrons. The highest BCUT2D eigenvalue weighted by Gasteiger charge is 2.28. The van der Waals surface area contributed by atoms with Gasteiger partial charge in [-0.25, -0.2) is 4.79 Å². The van der Waals surface area contributed by atoms with Crippen molar-refractivity contribution in [2.24, 2.45) is 0 Å². The van der Waals surface area contributed by atoms with Crippen LogP contribution in [0, 0.1) is 0 Å².